The normalized spacial score (nSPS) is 22.9. The lowest BCUT2D eigenvalue weighted by atomic mass is 10.00. The number of rotatable bonds is 5. The summed E-state index contributed by atoms with van der Waals surface area (Å²) in [5.41, 5.74) is 0.150. The van der Waals surface area contributed by atoms with Crippen LogP contribution in [0.15, 0.2) is 12.3 Å². The zero-order chi connectivity index (χ0) is 13.0. The SMILES string of the molecule is CCC1OCCC1CNc1nnccc1C(=O)O. The van der Waals surface area contributed by atoms with E-state index in [1.54, 1.807) is 0 Å². The third-order valence-electron chi connectivity index (χ3n) is 3.23. The number of carboxylic acid groups (broad SMARTS) is 1. The second kappa shape index (κ2) is 5.77. The quantitative estimate of drug-likeness (QED) is 0.823. The van der Waals surface area contributed by atoms with Crippen LogP contribution in [0, 0.1) is 5.92 Å². The lowest BCUT2D eigenvalue weighted by Crippen LogP contribution is -2.24. The summed E-state index contributed by atoms with van der Waals surface area (Å²) >= 11 is 0. The van der Waals surface area contributed by atoms with E-state index in [0.717, 1.165) is 19.4 Å². The summed E-state index contributed by atoms with van der Waals surface area (Å²) in [6, 6.07) is 1.44. The van der Waals surface area contributed by atoms with Crippen LogP contribution in [0.3, 0.4) is 0 Å². The molecule has 1 aromatic heterocycles. The molecule has 0 spiro atoms. The van der Waals surface area contributed by atoms with Gasteiger partial charge in [-0.15, -0.1) is 5.10 Å². The molecule has 0 bridgehead atoms. The van der Waals surface area contributed by atoms with Crippen LogP contribution in [0.25, 0.3) is 0 Å². The molecule has 0 saturated carbocycles. The van der Waals surface area contributed by atoms with Crippen LogP contribution < -0.4 is 5.32 Å². The van der Waals surface area contributed by atoms with E-state index in [0.29, 0.717) is 18.3 Å². The van der Waals surface area contributed by atoms with Crippen molar-refractivity contribution in [1.29, 1.82) is 0 Å². The molecular formula is C12H17N3O3. The predicted molar refractivity (Wildman–Crippen MR) is 65.6 cm³/mol. The van der Waals surface area contributed by atoms with Crippen molar-refractivity contribution < 1.29 is 14.6 Å². The Labute approximate surface area is 105 Å². The van der Waals surface area contributed by atoms with Crippen LogP contribution in [-0.2, 0) is 4.74 Å². The Bertz CT molecular complexity index is 425. The van der Waals surface area contributed by atoms with E-state index in [-0.39, 0.29) is 11.7 Å². The van der Waals surface area contributed by atoms with Crippen LogP contribution >= 0.6 is 0 Å². The summed E-state index contributed by atoms with van der Waals surface area (Å²) in [6.45, 7) is 3.53. The van der Waals surface area contributed by atoms with Gasteiger partial charge in [-0.05, 0) is 18.9 Å². The van der Waals surface area contributed by atoms with Gasteiger partial charge in [0.1, 0.15) is 5.56 Å². The Balaban J connectivity index is 2.00. The molecule has 0 aliphatic carbocycles. The van der Waals surface area contributed by atoms with Gasteiger partial charge in [-0.2, -0.15) is 5.10 Å². The Morgan fingerprint density at radius 2 is 2.50 bits per heavy atom. The highest BCUT2D eigenvalue weighted by atomic mass is 16.5. The molecule has 0 radical (unpaired) electrons. The van der Waals surface area contributed by atoms with Crippen LogP contribution in [-0.4, -0.2) is 40.5 Å². The summed E-state index contributed by atoms with van der Waals surface area (Å²) in [4.78, 5) is 11.0. The zero-order valence-corrected chi connectivity index (χ0v) is 10.3. The molecule has 98 valence electrons. The Morgan fingerprint density at radius 3 is 3.22 bits per heavy atom. The van der Waals surface area contributed by atoms with Crippen molar-refractivity contribution in [3.8, 4) is 0 Å². The summed E-state index contributed by atoms with van der Waals surface area (Å²) in [5.74, 6) is -0.271. The molecule has 6 nitrogen and oxygen atoms in total. The maximum atomic E-state index is 11.0. The second-order valence-corrected chi connectivity index (χ2v) is 4.35. The minimum absolute atomic E-state index is 0.150. The first-order chi connectivity index (χ1) is 8.72. The third kappa shape index (κ3) is 2.76. The molecule has 18 heavy (non-hydrogen) atoms. The van der Waals surface area contributed by atoms with Crippen molar-refractivity contribution in [1.82, 2.24) is 10.2 Å². The van der Waals surface area contributed by atoms with E-state index in [1.807, 2.05) is 0 Å². The maximum absolute atomic E-state index is 11.0. The van der Waals surface area contributed by atoms with Gasteiger partial charge in [0.05, 0.1) is 12.3 Å². The minimum atomic E-state index is -0.998. The molecule has 1 aliphatic rings. The van der Waals surface area contributed by atoms with E-state index in [1.165, 1.54) is 12.3 Å². The van der Waals surface area contributed by atoms with Crippen molar-refractivity contribution in [3.63, 3.8) is 0 Å². The van der Waals surface area contributed by atoms with Crippen LogP contribution in [0.5, 0.6) is 0 Å². The highest BCUT2D eigenvalue weighted by Crippen LogP contribution is 2.24. The molecular weight excluding hydrogens is 234 g/mol. The number of hydrogen-bond donors (Lipinski definition) is 2. The fourth-order valence-corrected chi connectivity index (χ4v) is 2.24. The van der Waals surface area contributed by atoms with E-state index in [4.69, 9.17) is 9.84 Å². The lowest BCUT2D eigenvalue weighted by molar-refractivity contribution is 0.0697. The molecule has 2 unspecified atom stereocenters. The number of hydrogen-bond acceptors (Lipinski definition) is 5. The smallest absolute Gasteiger partial charge is 0.339 e. The average molecular weight is 251 g/mol. The number of anilines is 1. The Morgan fingerprint density at radius 1 is 1.67 bits per heavy atom. The van der Waals surface area contributed by atoms with E-state index < -0.39 is 5.97 Å². The van der Waals surface area contributed by atoms with Gasteiger partial charge in [0.2, 0.25) is 0 Å². The second-order valence-electron chi connectivity index (χ2n) is 4.35. The highest BCUT2D eigenvalue weighted by Gasteiger charge is 2.26. The van der Waals surface area contributed by atoms with E-state index in [2.05, 4.69) is 22.4 Å². The van der Waals surface area contributed by atoms with Crippen LogP contribution in [0.2, 0.25) is 0 Å². The predicted octanol–water partition coefficient (Wildman–Crippen LogP) is 1.40. The van der Waals surface area contributed by atoms with Gasteiger partial charge >= 0.3 is 5.97 Å². The molecule has 1 aromatic rings. The van der Waals surface area contributed by atoms with Crippen molar-refractivity contribution in [2.75, 3.05) is 18.5 Å². The van der Waals surface area contributed by atoms with Crippen LogP contribution in [0.1, 0.15) is 30.1 Å². The first-order valence-corrected chi connectivity index (χ1v) is 6.12. The Kier molecular flexibility index (Phi) is 4.09. The molecule has 1 saturated heterocycles. The first kappa shape index (κ1) is 12.8. The molecule has 1 fully saturated rings. The average Bonchev–Trinajstić information content (AvgIpc) is 2.84. The number of carboxylic acids is 1. The summed E-state index contributed by atoms with van der Waals surface area (Å²) in [6.07, 6.45) is 3.59. The molecule has 0 amide bonds. The highest BCUT2D eigenvalue weighted by molar-refractivity contribution is 5.92. The van der Waals surface area contributed by atoms with Gasteiger partial charge in [0, 0.05) is 19.1 Å². The minimum Gasteiger partial charge on any atom is -0.478 e. The largest absolute Gasteiger partial charge is 0.478 e. The van der Waals surface area contributed by atoms with Gasteiger partial charge < -0.3 is 15.2 Å². The van der Waals surface area contributed by atoms with Crippen LogP contribution in [0.4, 0.5) is 5.82 Å². The lowest BCUT2D eigenvalue weighted by Gasteiger charge is -2.17. The van der Waals surface area contributed by atoms with Crippen molar-refractivity contribution in [3.05, 3.63) is 17.8 Å². The number of nitrogens with one attached hydrogen (secondary N) is 1. The monoisotopic (exact) mass is 251 g/mol. The number of nitrogens with zero attached hydrogens (tertiary/aromatic N) is 2. The van der Waals surface area contributed by atoms with Gasteiger partial charge in [0.15, 0.2) is 5.82 Å². The summed E-state index contributed by atoms with van der Waals surface area (Å²) in [7, 11) is 0. The number of carbonyl (C=O) groups is 1. The molecule has 2 heterocycles. The van der Waals surface area contributed by atoms with E-state index in [9.17, 15) is 4.79 Å². The van der Waals surface area contributed by atoms with Gasteiger partial charge in [-0.1, -0.05) is 6.92 Å². The van der Waals surface area contributed by atoms with Crippen molar-refractivity contribution >= 4 is 11.8 Å². The first-order valence-electron chi connectivity index (χ1n) is 6.12. The summed E-state index contributed by atoms with van der Waals surface area (Å²) < 4.78 is 5.59. The number of aromatic nitrogens is 2. The standard InChI is InChI=1S/C12H17N3O3/c1-2-10-8(4-6-18-10)7-13-11-9(12(16)17)3-5-14-15-11/h3,5,8,10H,2,4,6-7H2,1H3,(H,13,15)(H,16,17). The van der Waals surface area contributed by atoms with Crippen molar-refractivity contribution in [2.45, 2.75) is 25.9 Å². The molecule has 2 rings (SSSR count). The van der Waals surface area contributed by atoms with Gasteiger partial charge in [-0.3, -0.25) is 0 Å². The fourth-order valence-electron chi connectivity index (χ4n) is 2.24. The Hall–Kier alpha value is -1.69. The molecule has 6 heteroatoms. The summed E-state index contributed by atoms with van der Waals surface area (Å²) in [5, 5.41) is 19.6. The third-order valence-corrected chi connectivity index (χ3v) is 3.23. The fraction of sp³-hybridized carbons (Fsp3) is 0.583. The molecule has 2 N–H and O–H groups in total. The molecule has 0 aromatic carbocycles. The van der Waals surface area contributed by atoms with E-state index >= 15 is 0 Å². The number of ether oxygens (including phenoxy) is 1. The zero-order valence-electron chi connectivity index (χ0n) is 10.3. The maximum Gasteiger partial charge on any atom is 0.339 e. The topological polar surface area (TPSA) is 84.3 Å². The van der Waals surface area contributed by atoms with Gasteiger partial charge in [0.25, 0.3) is 0 Å². The molecule has 2 atom stereocenters. The van der Waals surface area contributed by atoms with Gasteiger partial charge in [-0.25, -0.2) is 4.79 Å². The van der Waals surface area contributed by atoms with Crippen molar-refractivity contribution in [2.24, 2.45) is 5.92 Å². The number of aromatic carboxylic acids is 1. The molecule has 1 aliphatic heterocycles.